The van der Waals surface area contributed by atoms with E-state index in [0.29, 0.717) is 13.2 Å². The monoisotopic (exact) mass is 446 g/mol. The smallest absolute Gasteiger partial charge is 0.300 e. The average Bonchev–Trinajstić information content (AvgIpc) is 2.85. The van der Waals surface area contributed by atoms with Gasteiger partial charge in [-0.1, -0.05) is 66.7 Å². The first-order valence-corrected chi connectivity index (χ1v) is 11.1. The van der Waals surface area contributed by atoms with E-state index in [-0.39, 0.29) is 11.9 Å². The maximum Gasteiger partial charge on any atom is 0.300 e. The molecule has 1 aliphatic rings. The number of nitrogens with one attached hydrogen (secondary N) is 1. The van der Waals surface area contributed by atoms with Gasteiger partial charge < -0.3 is 20.1 Å². The minimum Gasteiger partial charge on any atom is -0.494 e. The van der Waals surface area contributed by atoms with Crippen LogP contribution in [-0.4, -0.2) is 54.2 Å². The van der Waals surface area contributed by atoms with Crippen molar-refractivity contribution < 1.29 is 19.4 Å². The second-order valence-electron chi connectivity index (χ2n) is 7.74. The van der Waals surface area contributed by atoms with E-state index in [4.69, 9.17) is 14.6 Å². The number of nitrogens with zero attached hydrogens (tertiary/aromatic N) is 1. The zero-order valence-corrected chi connectivity index (χ0v) is 18.8. The number of amides is 1. The van der Waals surface area contributed by atoms with Crippen LogP contribution in [0.3, 0.4) is 0 Å². The lowest BCUT2D eigenvalue weighted by Gasteiger charge is -2.36. The zero-order chi connectivity index (χ0) is 23.5. The van der Waals surface area contributed by atoms with Crippen molar-refractivity contribution in [3.8, 4) is 16.9 Å². The minimum atomic E-state index is -0.833. The molecular formula is C27H30N2O4. The lowest BCUT2D eigenvalue weighted by Crippen LogP contribution is -2.54. The highest BCUT2D eigenvalue weighted by molar-refractivity contribution is 6.01. The fourth-order valence-corrected chi connectivity index (χ4v) is 3.81. The van der Waals surface area contributed by atoms with Crippen LogP contribution in [0.2, 0.25) is 0 Å². The summed E-state index contributed by atoms with van der Waals surface area (Å²) in [5.41, 5.74) is 2.81. The van der Waals surface area contributed by atoms with Crippen molar-refractivity contribution in [2.75, 3.05) is 26.2 Å². The topological polar surface area (TPSA) is 78.9 Å². The third-order valence-corrected chi connectivity index (χ3v) is 5.32. The normalized spacial score (nSPS) is 15.2. The number of piperazine rings is 1. The zero-order valence-electron chi connectivity index (χ0n) is 18.8. The molecule has 1 atom stereocenters. The molecule has 3 aromatic rings. The number of benzene rings is 3. The van der Waals surface area contributed by atoms with Crippen LogP contribution in [-0.2, 0) is 4.79 Å². The second kappa shape index (κ2) is 12.4. The van der Waals surface area contributed by atoms with Gasteiger partial charge >= 0.3 is 0 Å². The van der Waals surface area contributed by atoms with Gasteiger partial charge in [-0.2, -0.15) is 0 Å². The van der Waals surface area contributed by atoms with Crippen molar-refractivity contribution in [2.45, 2.75) is 19.4 Å². The summed E-state index contributed by atoms with van der Waals surface area (Å²) < 4.78 is 5.87. The summed E-state index contributed by atoms with van der Waals surface area (Å²) in [5, 5.41) is 10.8. The molecule has 0 radical (unpaired) electrons. The molecule has 6 nitrogen and oxygen atoms in total. The second-order valence-corrected chi connectivity index (χ2v) is 7.74. The number of ether oxygens (including phenoxy) is 1. The van der Waals surface area contributed by atoms with Crippen molar-refractivity contribution in [1.82, 2.24) is 10.2 Å². The molecule has 0 saturated carbocycles. The summed E-state index contributed by atoms with van der Waals surface area (Å²) in [7, 11) is 0. The summed E-state index contributed by atoms with van der Waals surface area (Å²) in [4.78, 5) is 24.5. The van der Waals surface area contributed by atoms with E-state index in [0.717, 1.165) is 48.9 Å². The Morgan fingerprint density at radius 1 is 0.970 bits per heavy atom. The maximum atomic E-state index is 13.5. The number of hydrogen-bond donors (Lipinski definition) is 2. The Morgan fingerprint density at radius 3 is 2.27 bits per heavy atom. The lowest BCUT2D eigenvalue weighted by atomic mass is 9.98. The number of para-hydroxylation sites is 1. The highest BCUT2D eigenvalue weighted by Crippen LogP contribution is 2.26. The van der Waals surface area contributed by atoms with Crippen molar-refractivity contribution >= 4 is 11.9 Å². The van der Waals surface area contributed by atoms with Crippen molar-refractivity contribution in [2.24, 2.45) is 0 Å². The molecule has 1 fully saturated rings. The molecule has 33 heavy (non-hydrogen) atoms. The molecule has 172 valence electrons. The number of carboxylic acids is 1. The van der Waals surface area contributed by atoms with Gasteiger partial charge in [-0.15, -0.1) is 0 Å². The van der Waals surface area contributed by atoms with Gasteiger partial charge in [0.05, 0.1) is 6.61 Å². The Hall–Kier alpha value is -3.64. The van der Waals surface area contributed by atoms with Gasteiger partial charge in [-0.25, -0.2) is 0 Å². The molecule has 0 aromatic heterocycles. The van der Waals surface area contributed by atoms with Crippen molar-refractivity contribution in [3.63, 3.8) is 0 Å². The number of carboxylic acid groups (broad SMARTS) is 1. The van der Waals surface area contributed by atoms with Crippen LogP contribution in [0.1, 0.15) is 23.7 Å². The number of hydrogen-bond acceptors (Lipinski definition) is 4. The SMILES string of the molecule is CC(=O)O.O=C(c1ccccc1-c1ccccc1)N1CCNCC1CCOc1ccccc1. The van der Waals surface area contributed by atoms with Crippen LogP contribution < -0.4 is 10.1 Å². The molecule has 1 amide bonds. The van der Waals surface area contributed by atoms with Crippen molar-refractivity contribution in [1.29, 1.82) is 0 Å². The summed E-state index contributed by atoms with van der Waals surface area (Å²) in [5.74, 6) is 0.124. The van der Waals surface area contributed by atoms with Crippen molar-refractivity contribution in [3.05, 3.63) is 90.5 Å². The molecule has 4 rings (SSSR count). The van der Waals surface area contributed by atoms with E-state index in [2.05, 4.69) is 17.4 Å². The van der Waals surface area contributed by atoms with E-state index < -0.39 is 5.97 Å². The average molecular weight is 447 g/mol. The van der Waals surface area contributed by atoms with Gasteiger partial charge in [-0.05, 0) is 29.3 Å². The van der Waals surface area contributed by atoms with Gasteiger partial charge in [0.15, 0.2) is 0 Å². The molecule has 3 aromatic carbocycles. The Kier molecular flexibility index (Phi) is 9.03. The maximum absolute atomic E-state index is 13.5. The number of carbonyl (C=O) groups excluding carboxylic acids is 1. The molecule has 1 aliphatic heterocycles. The quantitative estimate of drug-likeness (QED) is 0.589. The van der Waals surface area contributed by atoms with Crippen LogP contribution in [0.15, 0.2) is 84.9 Å². The summed E-state index contributed by atoms with van der Waals surface area (Å²) in [6.45, 7) is 3.98. The minimum absolute atomic E-state index is 0.0932. The molecule has 0 bridgehead atoms. The fourth-order valence-electron chi connectivity index (χ4n) is 3.81. The number of aliphatic carboxylic acids is 1. The predicted molar refractivity (Wildman–Crippen MR) is 129 cm³/mol. The van der Waals surface area contributed by atoms with Crippen LogP contribution in [0.25, 0.3) is 11.1 Å². The van der Waals surface area contributed by atoms with E-state index in [1.807, 2.05) is 77.7 Å². The third kappa shape index (κ3) is 7.19. The van der Waals surface area contributed by atoms with E-state index in [9.17, 15) is 4.79 Å². The molecule has 1 unspecified atom stereocenters. The molecule has 0 aliphatic carbocycles. The Bertz CT molecular complexity index is 1020. The predicted octanol–water partition coefficient (Wildman–Crippen LogP) is 4.33. The largest absolute Gasteiger partial charge is 0.494 e. The third-order valence-electron chi connectivity index (χ3n) is 5.32. The Labute approximate surface area is 194 Å². The summed E-state index contributed by atoms with van der Waals surface area (Å²) in [6.07, 6.45) is 0.793. The summed E-state index contributed by atoms with van der Waals surface area (Å²) >= 11 is 0. The van der Waals surface area contributed by atoms with E-state index in [1.165, 1.54) is 0 Å². The van der Waals surface area contributed by atoms with Crippen LogP contribution in [0.5, 0.6) is 5.75 Å². The van der Waals surface area contributed by atoms with Gasteiger partial charge in [-0.3, -0.25) is 9.59 Å². The van der Waals surface area contributed by atoms with Crippen LogP contribution in [0.4, 0.5) is 0 Å². The fraction of sp³-hybridized carbons (Fsp3) is 0.259. The molecule has 6 heteroatoms. The van der Waals surface area contributed by atoms with Gasteiger partial charge in [0.25, 0.3) is 11.9 Å². The summed E-state index contributed by atoms with van der Waals surface area (Å²) in [6, 6.07) is 27.9. The highest BCUT2D eigenvalue weighted by Gasteiger charge is 2.28. The number of carbonyl (C=O) groups is 2. The molecule has 0 spiro atoms. The Balaban J connectivity index is 0.000000709. The van der Waals surface area contributed by atoms with E-state index in [1.54, 1.807) is 0 Å². The van der Waals surface area contributed by atoms with Crippen LogP contribution in [0, 0.1) is 0 Å². The lowest BCUT2D eigenvalue weighted by molar-refractivity contribution is -0.134. The standard InChI is InChI=1S/C25H26N2O2.C2H4O2/c28-25(24-14-8-7-13-23(24)20-9-3-1-4-10-20)27-17-16-26-19-21(27)15-18-29-22-11-5-2-6-12-22;1-2(3)4/h1-14,21,26H,15-19H2;1H3,(H,3,4). The molecular weight excluding hydrogens is 416 g/mol. The first-order valence-electron chi connectivity index (χ1n) is 11.1. The first-order chi connectivity index (χ1) is 16.1. The Morgan fingerprint density at radius 2 is 1.58 bits per heavy atom. The van der Waals surface area contributed by atoms with Crippen LogP contribution >= 0.6 is 0 Å². The molecule has 1 heterocycles. The molecule has 1 saturated heterocycles. The van der Waals surface area contributed by atoms with Gasteiger partial charge in [0.2, 0.25) is 0 Å². The number of rotatable bonds is 6. The first kappa shape index (κ1) is 24.0. The highest BCUT2D eigenvalue weighted by atomic mass is 16.5. The molecule has 2 N–H and O–H groups in total. The van der Waals surface area contributed by atoms with E-state index >= 15 is 0 Å². The van der Waals surface area contributed by atoms with Gasteiger partial charge in [0.1, 0.15) is 5.75 Å². The van der Waals surface area contributed by atoms with Gasteiger partial charge in [0, 0.05) is 44.6 Å².